The number of hydrogen-bond donors (Lipinski definition) is 0. The molecule has 0 atom stereocenters. The van der Waals surface area contributed by atoms with E-state index < -0.39 is 43.4 Å². The van der Waals surface area contributed by atoms with Crippen molar-refractivity contribution < 1.29 is 49.0 Å². The van der Waals surface area contributed by atoms with Crippen LogP contribution in [0.3, 0.4) is 0 Å². The summed E-state index contributed by atoms with van der Waals surface area (Å²) in [7, 11) is 0. The van der Waals surface area contributed by atoms with E-state index in [1.165, 1.54) is 0 Å². The second-order valence-corrected chi connectivity index (χ2v) is 3.31. The highest BCUT2D eigenvalue weighted by molar-refractivity contribution is 5.78. The molecule has 0 aliphatic heterocycles. The van der Waals surface area contributed by atoms with Crippen molar-refractivity contribution in [2.24, 2.45) is 5.41 Å². The lowest BCUT2D eigenvalue weighted by molar-refractivity contribution is -0.328. The number of hydrogen-bond acceptors (Lipinski definition) is 2. The van der Waals surface area contributed by atoms with E-state index in [0.717, 1.165) is 0 Å². The minimum absolute atomic E-state index is 0.592. The summed E-state index contributed by atoms with van der Waals surface area (Å²) in [6.45, 7) is -3.13. The summed E-state index contributed by atoms with van der Waals surface area (Å²) >= 11 is 0. The maximum atomic E-state index is 12.2. The molecule has 0 bridgehead atoms. The van der Waals surface area contributed by atoms with Gasteiger partial charge in [-0.25, -0.2) is 0 Å². The number of carbonyl (C=O) groups excluding carboxylic acids is 1. The van der Waals surface area contributed by atoms with Crippen molar-refractivity contribution in [3.63, 3.8) is 0 Å². The summed E-state index contributed by atoms with van der Waals surface area (Å²) < 4.78 is 111. The van der Waals surface area contributed by atoms with E-state index in [1.807, 2.05) is 0 Å². The molecule has 0 amide bonds. The van der Waals surface area contributed by atoms with Crippen LogP contribution in [0.4, 0.5) is 39.5 Å². The molecular formula is C7H5F9O2. The molecule has 0 N–H and O–H groups in total. The topological polar surface area (TPSA) is 26.3 Å². The predicted octanol–water partition coefficient (Wildman–Crippen LogP) is 3.22. The predicted molar refractivity (Wildman–Crippen MR) is 37.2 cm³/mol. The van der Waals surface area contributed by atoms with Crippen molar-refractivity contribution in [3.8, 4) is 0 Å². The van der Waals surface area contributed by atoms with E-state index in [2.05, 4.69) is 4.74 Å². The van der Waals surface area contributed by atoms with Crippen molar-refractivity contribution in [3.05, 3.63) is 0 Å². The minimum atomic E-state index is -6.13. The molecule has 0 aromatic heterocycles. The van der Waals surface area contributed by atoms with Crippen molar-refractivity contribution in [2.45, 2.75) is 25.5 Å². The van der Waals surface area contributed by atoms with Gasteiger partial charge in [0.05, 0.1) is 0 Å². The quantitative estimate of drug-likeness (QED) is 0.577. The highest BCUT2D eigenvalue weighted by Crippen LogP contribution is 2.50. The number of esters is 1. The SMILES string of the molecule is CC(C(=O)OCC(F)(F)F)(C(F)(F)F)C(F)(F)F. The van der Waals surface area contributed by atoms with Crippen LogP contribution >= 0.6 is 0 Å². The van der Waals surface area contributed by atoms with Crippen LogP contribution in [0.1, 0.15) is 6.92 Å². The second-order valence-electron chi connectivity index (χ2n) is 3.31. The van der Waals surface area contributed by atoms with Gasteiger partial charge in [0.1, 0.15) is 0 Å². The fourth-order valence-corrected chi connectivity index (χ4v) is 0.684. The second kappa shape index (κ2) is 4.50. The summed E-state index contributed by atoms with van der Waals surface area (Å²) in [6.07, 6.45) is -17.5. The van der Waals surface area contributed by atoms with E-state index in [0.29, 0.717) is 0 Å². The van der Waals surface area contributed by atoms with E-state index in [-0.39, 0.29) is 0 Å². The molecule has 0 fully saturated rings. The first kappa shape index (κ1) is 16.8. The molecule has 0 saturated heterocycles. The van der Waals surface area contributed by atoms with Crippen LogP contribution in [0.2, 0.25) is 0 Å². The van der Waals surface area contributed by atoms with Crippen molar-refractivity contribution in [2.75, 3.05) is 6.61 Å². The van der Waals surface area contributed by atoms with Crippen LogP contribution in [0.5, 0.6) is 0 Å². The molecular weight excluding hydrogens is 287 g/mol. The zero-order valence-corrected chi connectivity index (χ0v) is 8.43. The van der Waals surface area contributed by atoms with E-state index >= 15 is 0 Å². The highest BCUT2D eigenvalue weighted by atomic mass is 19.4. The molecule has 0 aromatic rings. The average Bonchev–Trinajstić information content (AvgIpc) is 2.07. The molecule has 0 heterocycles. The van der Waals surface area contributed by atoms with Gasteiger partial charge in [-0.2, -0.15) is 39.5 Å². The van der Waals surface area contributed by atoms with Crippen LogP contribution in [0, 0.1) is 5.41 Å². The van der Waals surface area contributed by atoms with Gasteiger partial charge in [-0.3, -0.25) is 4.79 Å². The molecule has 2 nitrogen and oxygen atoms in total. The maximum absolute atomic E-state index is 12.2. The Morgan fingerprint density at radius 3 is 1.44 bits per heavy atom. The van der Waals surface area contributed by atoms with Gasteiger partial charge in [0, 0.05) is 0 Å². The standard InChI is InChI=1S/C7H5F9O2/c1-4(6(11,12)13,7(14,15)16)3(17)18-2-5(8,9)10/h2H2,1H3. The Labute approximate surface area is 93.7 Å². The Kier molecular flexibility index (Phi) is 4.21. The first-order chi connectivity index (χ1) is 7.63. The monoisotopic (exact) mass is 292 g/mol. The smallest absolute Gasteiger partial charge is 0.422 e. The molecule has 0 rings (SSSR count). The Morgan fingerprint density at radius 2 is 1.22 bits per heavy atom. The Bertz CT molecular complexity index is 296. The number of ether oxygens (including phenoxy) is 1. The number of halogens is 9. The third-order valence-electron chi connectivity index (χ3n) is 1.91. The van der Waals surface area contributed by atoms with Gasteiger partial charge in [0.2, 0.25) is 0 Å². The van der Waals surface area contributed by atoms with Gasteiger partial charge in [-0.1, -0.05) is 0 Å². The zero-order valence-electron chi connectivity index (χ0n) is 8.43. The van der Waals surface area contributed by atoms with E-state index in [9.17, 15) is 44.3 Å². The largest absolute Gasteiger partial charge is 0.455 e. The molecule has 0 aliphatic rings. The van der Waals surface area contributed by atoms with Gasteiger partial charge >= 0.3 is 24.5 Å². The maximum Gasteiger partial charge on any atom is 0.422 e. The zero-order chi connectivity index (χ0) is 15.0. The molecule has 11 heteroatoms. The van der Waals surface area contributed by atoms with Crippen LogP contribution in [0.15, 0.2) is 0 Å². The first-order valence-electron chi connectivity index (χ1n) is 4.00. The normalized spacial score (nSPS) is 14.6. The summed E-state index contributed by atoms with van der Waals surface area (Å²) in [6, 6.07) is 0. The van der Waals surface area contributed by atoms with Crippen LogP contribution < -0.4 is 0 Å². The van der Waals surface area contributed by atoms with Gasteiger partial charge in [0.15, 0.2) is 6.61 Å². The van der Waals surface area contributed by atoms with Gasteiger partial charge in [-0.05, 0) is 6.92 Å². The first-order valence-corrected chi connectivity index (χ1v) is 4.00. The highest BCUT2D eigenvalue weighted by Gasteiger charge is 2.73. The van der Waals surface area contributed by atoms with E-state index in [1.54, 1.807) is 0 Å². The van der Waals surface area contributed by atoms with Gasteiger partial charge < -0.3 is 4.74 Å². The molecule has 0 spiro atoms. The third-order valence-corrected chi connectivity index (χ3v) is 1.91. The Morgan fingerprint density at radius 1 is 0.889 bits per heavy atom. The van der Waals surface area contributed by atoms with Crippen molar-refractivity contribution >= 4 is 5.97 Å². The lowest BCUT2D eigenvalue weighted by Gasteiger charge is -2.31. The third kappa shape index (κ3) is 3.42. The van der Waals surface area contributed by atoms with Crippen LogP contribution in [-0.2, 0) is 9.53 Å². The molecule has 0 saturated carbocycles. The molecule has 0 aliphatic carbocycles. The average molecular weight is 292 g/mol. The number of carbonyl (C=O) groups is 1. The molecule has 18 heavy (non-hydrogen) atoms. The van der Waals surface area contributed by atoms with Gasteiger partial charge in [-0.15, -0.1) is 0 Å². The molecule has 0 radical (unpaired) electrons. The number of alkyl halides is 9. The summed E-state index contributed by atoms with van der Waals surface area (Å²) in [4.78, 5) is 10.6. The fourth-order valence-electron chi connectivity index (χ4n) is 0.684. The van der Waals surface area contributed by atoms with Crippen LogP contribution in [0.25, 0.3) is 0 Å². The minimum Gasteiger partial charge on any atom is -0.455 e. The number of rotatable bonds is 2. The fraction of sp³-hybridized carbons (Fsp3) is 0.857. The molecule has 0 unspecified atom stereocenters. The summed E-state index contributed by atoms with van der Waals surface area (Å²) in [5, 5.41) is 0. The Hall–Kier alpha value is -1.16. The van der Waals surface area contributed by atoms with E-state index in [4.69, 9.17) is 0 Å². The van der Waals surface area contributed by atoms with Crippen LogP contribution in [-0.4, -0.2) is 31.1 Å². The molecule has 0 aromatic carbocycles. The lowest BCUT2D eigenvalue weighted by Crippen LogP contribution is -2.54. The summed E-state index contributed by atoms with van der Waals surface area (Å²) in [5.74, 6) is -3.06. The summed E-state index contributed by atoms with van der Waals surface area (Å²) in [5.41, 5.74) is -5.01. The molecule has 108 valence electrons. The van der Waals surface area contributed by atoms with Gasteiger partial charge in [0.25, 0.3) is 5.41 Å². The Balaban J connectivity index is 5.21. The van der Waals surface area contributed by atoms with Crippen molar-refractivity contribution in [1.82, 2.24) is 0 Å². The lowest BCUT2D eigenvalue weighted by atomic mass is 9.89. The van der Waals surface area contributed by atoms with Crippen molar-refractivity contribution in [1.29, 1.82) is 0 Å².